The summed E-state index contributed by atoms with van der Waals surface area (Å²) in [4.78, 5) is 17.8. The standard InChI is InChI=1S/C20H15FN2O3S/c1-11-5-3-4-6-13(11)15-10-23-19(25)17(27-20(23)22-15)9-12-7-14(21)18(24)16(8-12)26-2/h3-10,24H,1-2H3/b17-9-. The topological polar surface area (TPSA) is 63.8 Å². The van der Waals surface area contributed by atoms with E-state index in [4.69, 9.17) is 4.74 Å². The molecular formula is C20H15FN2O3S. The van der Waals surface area contributed by atoms with Crippen molar-refractivity contribution in [3.8, 4) is 22.8 Å². The third-order valence-electron chi connectivity index (χ3n) is 4.29. The van der Waals surface area contributed by atoms with E-state index in [0.29, 0.717) is 15.1 Å². The average Bonchev–Trinajstić information content (AvgIpc) is 3.18. The van der Waals surface area contributed by atoms with E-state index in [0.717, 1.165) is 22.9 Å². The first-order valence-electron chi connectivity index (χ1n) is 8.14. The minimum absolute atomic E-state index is 0.0110. The number of phenols is 1. The van der Waals surface area contributed by atoms with Gasteiger partial charge in [-0.15, -0.1) is 0 Å². The van der Waals surface area contributed by atoms with E-state index in [1.807, 2.05) is 31.2 Å². The van der Waals surface area contributed by atoms with Gasteiger partial charge in [0.2, 0.25) is 0 Å². The highest BCUT2D eigenvalue weighted by Gasteiger charge is 2.13. The number of fused-ring (bicyclic) bond motifs is 1. The molecule has 2 heterocycles. The Bertz CT molecular complexity index is 1280. The number of aryl methyl sites for hydroxylation is 1. The maximum Gasteiger partial charge on any atom is 0.274 e. The third-order valence-corrected chi connectivity index (χ3v) is 5.28. The monoisotopic (exact) mass is 382 g/mol. The lowest BCUT2D eigenvalue weighted by Crippen LogP contribution is -2.22. The largest absolute Gasteiger partial charge is 0.502 e. The number of methoxy groups -OCH3 is 1. The zero-order valence-corrected chi connectivity index (χ0v) is 15.4. The van der Waals surface area contributed by atoms with Crippen LogP contribution in [0.5, 0.6) is 11.5 Å². The summed E-state index contributed by atoms with van der Waals surface area (Å²) in [5.41, 5.74) is 2.98. The van der Waals surface area contributed by atoms with Crippen molar-refractivity contribution in [1.29, 1.82) is 0 Å². The number of hydrogen-bond acceptors (Lipinski definition) is 5. The molecule has 0 radical (unpaired) electrons. The molecule has 1 N–H and O–H groups in total. The SMILES string of the molecule is COc1cc(/C=c2\sc3nc(-c4ccccc4C)cn3c2=O)cc(F)c1O. The molecule has 0 saturated heterocycles. The number of benzene rings is 2. The van der Waals surface area contributed by atoms with Crippen LogP contribution in [0.2, 0.25) is 0 Å². The Kier molecular flexibility index (Phi) is 4.16. The molecule has 0 amide bonds. The van der Waals surface area contributed by atoms with Crippen molar-refractivity contribution in [2.75, 3.05) is 7.11 Å². The second-order valence-electron chi connectivity index (χ2n) is 6.06. The van der Waals surface area contributed by atoms with Gasteiger partial charge in [-0.1, -0.05) is 35.6 Å². The Morgan fingerprint density at radius 3 is 2.78 bits per heavy atom. The van der Waals surface area contributed by atoms with E-state index in [-0.39, 0.29) is 11.3 Å². The Balaban J connectivity index is 1.83. The number of aromatic nitrogens is 2. The van der Waals surface area contributed by atoms with Gasteiger partial charge in [0.25, 0.3) is 5.56 Å². The molecule has 0 aliphatic carbocycles. The van der Waals surface area contributed by atoms with Gasteiger partial charge >= 0.3 is 0 Å². The van der Waals surface area contributed by atoms with E-state index in [1.54, 1.807) is 12.3 Å². The van der Waals surface area contributed by atoms with Gasteiger partial charge in [-0.05, 0) is 36.3 Å². The highest BCUT2D eigenvalue weighted by atomic mass is 32.1. The number of nitrogens with zero attached hydrogens (tertiary/aromatic N) is 2. The lowest BCUT2D eigenvalue weighted by atomic mass is 10.1. The number of aromatic hydroxyl groups is 1. The van der Waals surface area contributed by atoms with E-state index >= 15 is 0 Å². The van der Waals surface area contributed by atoms with Crippen molar-refractivity contribution in [1.82, 2.24) is 9.38 Å². The average molecular weight is 382 g/mol. The van der Waals surface area contributed by atoms with Gasteiger partial charge in [0, 0.05) is 11.8 Å². The van der Waals surface area contributed by atoms with Crippen LogP contribution in [0, 0.1) is 12.7 Å². The van der Waals surface area contributed by atoms with Gasteiger partial charge in [0.15, 0.2) is 22.3 Å². The Hall–Kier alpha value is -3.19. The van der Waals surface area contributed by atoms with Crippen molar-refractivity contribution in [2.24, 2.45) is 0 Å². The van der Waals surface area contributed by atoms with Crippen molar-refractivity contribution >= 4 is 22.4 Å². The number of thiazole rings is 1. The fourth-order valence-electron chi connectivity index (χ4n) is 2.91. The Morgan fingerprint density at radius 1 is 1.30 bits per heavy atom. The molecule has 7 heteroatoms. The van der Waals surface area contributed by atoms with Crippen LogP contribution in [0.25, 0.3) is 22.3 Å². The molecule has 4 rings (SSSR count). The van der Waals surface area contributed by atoms with Gasteiger partial charge in [-0.25, -0.2) is 9.37 Å². The summed E-state index contributed by atoms with van der Waals surface area (Å²) in [6.07, 6.45) is 3.27. The summed E-state index contributed by atoms with van der Waals surface area (Å²) in [5, 5.41) is 9.60. The number of rotatable bonds is 3. The highest BCUT2D eigenvalue weighted by molar-refractivity contribution is 7.15. The normalized spacial score (nSPS) is 12.0. The first kappa shape index (κ1) is 17.2. The Morgan fingerprint density at radius 2 is 2.07 bits per heavy atom. The lowest BCUT2D eigenvalue weighted by molar-refractivity contribution is 0.357. The molecule has 5 nitrogen and oxygen atoms in total. The number of phenolic OH excluding ortho intramolecular Hbond substituents is 1. The summed E-state index contributed by atoms with van der Waals surface area (Å²) in [6.45, 7) is 1.99. The van der Waals surface area contributed by atoms with E-state index < -0.39 is 11.6 Å². The van der Waals surface area contributed by atoms with E-state index in [2.05, 4.69) is 4.98 Å². The molecule has 2 aromatic heterocycles. The maximum absolute atomic E-state index is 13.8. The maximum atomic E-state index is 13.8. The van der Waals surface area contributed by atoms with Crippen LogP contribution < -0.4 is 14.8 Å². The zero-order chi connectivity index (χ0) is 19.1. The minimum Gasteiger partial charge on any atom is -0.502 e. The van der Waals surface area contributed by atoms with Gasteiger partial charge < -0.3 is 9.84 Å². The van der Waals surface area contributed by atoms with Gasteiger partial charge in [0.1, 0.15) is 0 Å². The van der Waals surface area contributed by atoms with Gasteiger partial charge in [-0.3, -0.25) is 9.20 Å². The number of imidazole rings is 1. The molecule has 27 heavy (non-hydrogen) atoms. The van der Waals surface area contributed by atoms with Gasteiger partial charge in [-0.2, -0.15) is 0 Å². The van der Waals surface area contributed by atoms with Crippen LogP contribution >= 0.6 is 11.3 Å². The quantitative estimate of drug-likeness (QED) is 0.591. The predicted molar refractivity (Wildman–Crippen MR) is 103 cm³/mol. The third kappa shape index (κ3) is 2.96. The molecular weight excluding hydrogens is 367 g/mol. The number of halogens is 1. The second-order valence-corrected chi connectivity index (χ2v) is 7.07. The molecule has 0 spiro atoms. The van der Waals surface area contributed by atoms with Crippen LogP contribution in [-0.4, -0.2) is 21.6 Å². The van der Waals surface area contributed by atoms with Crippen LogP contribution in [0.3, 0.4) is 0 Å². The predicted octanol–water partition coefficient (Wildman–Crippen LogP) is 3.13. The van der Waals surface area contributed by atoms with E-state index in [9.17, 15) is 14.3 Å². The highest BCUT2D eigenvalue weighted by Crippen LogP contribution is 2.30. The minimum atomic E-state index is -0.809. The fourth-order valence-corrected chi connectivity index (χ4v) is 3.86. The first-order valence-corrected chi connectivity index (χ1v) is 8.95. The molecule has 0 aliphatic heterocycles. The van der Waals surface area contributed by atoms with Gasteiger partial charge in [0.05, 0.1) is 17.3 Å². The molecule has 0 atom stereocenters. The smallest absolute Gasteiger partial charge is 0.274 e. The molecule has 2 aromatic carbocycles. The van der Waals surface area contributed by atoms with Crippen LogP contribution in [-0.2, 0) is 0 Å². The summed E-state index contributed by atoms with van der Waals surface area (Å²) in [6, 6.07) is 10.5. The molecule has 0 unspecified atom stereocenters. The summed E-state index contributed by atoms with van der Waals surface area (Å²) in [7, 11) is 1.34. The summed E-state index contributed by atoms with van der Waals surface area (Å²) < 4.78 is 20.7. The molecule has 0 saturated carbocycles. The Labute approximate surface area is 157 Å². The van der Waals surface area contributed by atoms with Crippen molar-refractivity contribution in [3.63, 3.8) is 0 Å². The van der Waals surface area contributed by atoms with Crippen LogP contribution in [0.1, 0.15) is 11.1 Å². The second kappa shape index (κ2) is 6.51. The number of hydrogen-bond donors (Lipinski definition) is 1. The summed E-state index contributed by atoms with van der Waals surface area (Å²) in [5.74, 6) is -1.35. The molecule has 0 aliphatic rings. The van der Waals surface area contributed by atoms with E-state index in [1.165, 1.54) is 28.9 Å². The van der Waals surface area contributed by atoms with Crippen LogP contribution in [0.4, 0.5) is 4.39 Å². The summed E-state index contributed by atoms with van der Waals surface area (Å²) >= 11 is 1.22. The first-order chi connectivity index (χ1) is 13.0. The lowest BCUT2D eigenvalue weighted by Gasteiger charge is -2.04. The van der Waals surface area contributed by atoms with Crippen molar-refractivity contribution < 1.29 is 14.2 Å². The molecule has 4 aromatic rings. The zero-order valence-electron chi connectivity index (χ0n) is 14.6. The van der Waals surface area contributed by atoms with Crippen molar-refractivity contribution in [3.05, 3.63) is 74.4 Å². The fraction of sp³-hybridized carbons (Fsp3) is 0.100. The molecule has 0 bridgehead atoms. The molecule has 136 valence electrons. The number of ether oxygens (including phenoxy) is 1. The molecule has 0 fully saturated rings. The van der Waals surface area contributed by atoms with Crippen molar-refractivity contribution in [2.45, 2.75) is 6.92 Å². The van der Waals surface area contributed by atoms with Crippen LogP contribution in [0.15, 0.2) is 47.4 Å².